The zero-order valence-electron chi connectivity index (χ0n) is 24.7. The Labute approximate surface area is 234 Å². The summed E-state index contributed by atoms with van der Waals surface area (Å²) in [5.41, 5.74) is 3.08. The highest BCUT2D eigenvalue weighted by Crippen LogP contribution is 2.39. The van der Waals surface area contributed by atoms with Crippen LogP contribution in [0.25, 0.3) is 11.2 Å². The number of benzene rings is 1. The number of imidazole rings is 1. The molecule has 0 radical (unpaired) electrons. The Hall–Kier alpha value is -2.68. The molecule has 2 aromatic heterocycles. The van der Waals surface area contributed by atoms with Crippen molar-refractivity contribution in [2.45, 2.75) is 83.6 Å². The Kier molecular flexibility index (Phi) is 8.17. The third kappa shape index (κ3) is 5.39. The third-order valence-electron chi connectivity index (χ3n) is 8.96. The number of rotatable bonds is 8. The molecule has 3 aromatic rings. The lowest BCUT2D eigenvalue weighted by Gasteiger charge is -2.47. The number of phenols is 1. The van der Waals surface area contributed by atoms with E-state index < -0.39 is 0 Å². The van der Waals surface area contributed by atoms with Gasteiger partial charge in [-0.3, -0.25) is 9.80 Å². The number of fused-ring (bicyclic) bond motifs is 1. The van der Waals surface area contributed by atoms with Crippen molar-refractivity contribution >= 4 is 17.0 Å². The summed E-state index contributed by atoms with van der Waals surface area (Å²) in [6.07, 6.45) is 4.17. The highest BCUT2D eigenvalue weighted by molar-refractivity contribution is 5.74. The summed E-state index contributed by atoms with van der Waals surface area (Å²) in [7, 11) is 4.30. The number of nitrogens with one attached hydrogen (secondary N) is 1. The normalized spacial score (nSPS) is 23.0. The molecule has 212 valence electrons. The summed E-state index contributed by atoms with van der Waals surface area (Å²) in [4.78, 5) is 17.8. The van der Waals surface area contributed by atoms with Gasteiger partial charge in [-0.1, -0.05) is 25.5 Å². The predicted molar refractivity (Wildman–Crippen MR) is 159 cm³/mol. The highest BCUT2D eigenvalue weighted by Gasteiger charge is 2.39. The van der Waals surface area contributed by atoms with Crippen LogP contribution in [-0.2, 0) is 12.1 Å². The second kappa shape index (κ2) is 11.4. The summed E-state index contributed by atoms with van der Waals surface area (Å²) < 4.78 is 2.36. The number of anilines is 1. The largest absolute Gasteiger partial charge is 0.508 e. The van der Waals surface area contributed by atoms with Crippen molar-refractivity contribution in [1.82, 2.24) is 29.7 Å². The van der Waals surface area contributed by atoms with E-state index in [0.717, 1.165) is 81.2 Å². The Balaban J connectivity index is 1.42. The van der Waals surface area contributed by atoms with Gasteiger partial charge in [0, 0.05) is 50.3 Å². The Bertz CT molecular complexity index is 1250. The topological polar surface area (TPSA) is 72.7 Å². The van der Waals surface area contributed by atoms with Crippen LogP contribution in [0.2, 0.25) is 0 Å². The molecular formula is C31H47N7O. The van der Waals surface area contributed by atoms with Crippen LogP contribution in [0.15, 0.2) is 36.4 Å². The van der Waals surface area contributed by atoms with Crippen molar-refractivity contribution in [1.29, 1.82) is 0 Å². The van der Waals surface area contributed by atoms with Gasteiger partial charge in [0.05, 0.1) is 6.04 Å². The zero-order chi connectivity index (χ0) is 27.7. The lowest BCUT2D eigenvalue weighted by atomic mass is 9.79. The van der Waals surface area contributed by atoms with E-state index in [0.29, 0.717) is 23.9 Å². The van der Waals surface area contributed by atoms with Gasteiger partial charge in [-0.2, -0.15) is 0 Å². The maximum Gasteiger partial charge on any atom is 0.162 e. The first kappa shape index (κ1) is 27.9. The number of phenolic OH excluding ortho intramolecular Hbond substituents is 1. The quantitative estimate of drug-likeness (QED) is 0.433. The number of aromatic hydroxyl groups is 1. The average Bonchev–Trinajstić information content (AvgIpc) is 3.28. The van der Waals surface area contributed by atoms with Crippen LogP contribution in [-0.4, -0.2) is 81.8 Å². The first-order valence-corrected chi connectivity index (χ1v) is 14.8. The number of hydrogen-bond acceptors (Lipinski definition) is 7. The minimum absolute atomic E-state index is 0.0946. The van der Waals surface area contributed by atoms with E-state index in [2.05, 4.69) is 84.6 Å². The Morgan fingerprint density at radius 1 is 1.05 bits per heavy atom. The van der Waals surface area contributed by atoms with Crippen LogP contribution in [0.3, 0.4) is 0 Å². The van der Waals surface area contributed by atoms with Crippen LogP contribution >= 0.6 is 0 Å². The zero-order valence-corrected chi connectivity index (χ0v) is 24.7. The van der Waals surface area contributed by atoms with Crippen LogP contribution < -0.4 is 10.2 Å². The van der Waals surface area contributed by atoms with Gasteiger partial charge in [0.2, 0.25) is 0 Å². The minimum atomic E-state index is -0.0946. The number of aromatic nitrogens is 3. The molecule has 0 bridgehead atoms. The molecule has 0 amide bonds. The predicted octanol–water partition coefficient (Wildman–Crippen LogP) is 4.74. The summed E-state index contributed by atoms with van der Waals surface area (Å²) >= 11 is 0. The molecule has 0 spiro atoms. The third-order valence-corrected chi connectivity index (χ3v) is 8.96. The molecule has 2 aliphatic rings. The summed E-state index contributed by atoms with van der Waals surface area (Å²) in [5.74, 6) is 2.52. The number of hydrogen-bond donors (Lipinski definition) is 2. The fraction of sp³-hybridized carbons (Fsp3) is 0.613. The minimum Gasteiger partial charge on any atom is -0.508 e. The van der Waals surface area contributed by atoms with E-state index in [1.165, 1.54) is 5.56 Å². The molecule has 0 saturated carbocycles. The summed E-state index contributed by atoms with van der Waals surface area (Å²) in [5, 5.41) is 13.8. The SMILES string of the molecule is CCCC(c1nc2ccc(N3CCC(c4cccc(O)c4)(N(C)C)CC3)nc2n1CC)N1C[C@@H](C)N[C@@H](C)C1. The van der Waals surface area contributed by atoms with Crippen LogP contribution in [0.1, 0.15) is 70.8 Å². The lowest BCUT2D eigenvalue weighted by Crippen LogP contribution is -2.55. The first-order valence-electron chi connectivity index (χ1n) is 14.8. The fourth-order valence-corrected chi connectivity index (χ4v) is 7.02. The van der Waals surface area contributed by atoms with Crippen LogP contribution in [0.4, 0.5) is 5.82 Å². The van der Waals surface area contributed by atoms with E-state index in [1.807, 2.05) is 12.1 Å². The second-order valence-electron chi connectivity index (χ2n) is 11.9. The molecule has 2 aliphatic heterocycles. The van der Waals surface area contributed by atoms with Gasteiger partial charge in [-0.15, -0.1) is 0 Å². The van der Waals surface area contributed by atoms with E-state index >= 15 is 0 Å². The van der Waals surface area contributed by atoms with Crippen molar-refractivity contribution in [3.05, 3.63) is 47.8 Å². The monoisotopic (exact) mass is 533 g/mol. The Morgan fingerprint density at radius 2 is 1.77 bits per heavy atom. The number of pyridine rings is 1. The van der Waals surface area contributed by atoms with Gasteiger partial charge >= 0.3 is 0 Å². The molecule has 4 heterocycles. The average molecular weight is 534 g/mol. The maximum absolute atomic E-state index is 10.2. The van der Waals surface area contributed by atoms with Crippen molar-refractivity contribution in [2.75, 3.05) is 45.2 Å². The smallest absolute Gasteiger partial charge is 0.162 e. The molecular weight excluding hydrogens is 486 g/mol. The van der Waals surface area contributed by atoms with Crippen LogP contribution in [0.5, 0.6) is 5.75 Å². The van der Waals surface area contributed by atoms with Crippen LogP contribution in [0, 0.1) is 0 Å². The Morgan fingerprint density at radius 3 is 2.38 bits per heavy atom. The van der Waals surface area contributed by atoms with Gasteiger partial charge in [0.25, 0.3) is 0 Å². The van der Waals surface area contributed by atoms with E-state index in [4.69, 9.17) is 9.97 Å². The standard InChI is InChI=1S/C31H47N7O/c1-7-10-27(37-20-22(3)32-23(4)21-37)30-33-26-13-14-28(34-29(26)38(30)8-2)36-17-15-31(16-18-36,35(5)6)24-11-9-12-25(39)19-24/h9,11-14,19,22-23,27,32,39H,7-8,10,15-18,20-21H2,1-6H3/t22-,23+,27?. The van der Waals surface area contributed by atoms with Gasteiger partial charge in [0.1, 0.15) is 22.9 Å². The molecule has 0 aliphatic carbocycles. The molecule has 2 saturated heterocycles. The van der Waals surface area contributed by atoms with Gasteiger partial charge in [-0.05, 0) is 84.0 Å². The number of piperidine rings is 1. The molecule has 5 rings (SSSR count). The van der Waals surface area contributed by atoms with Crippen molar-refractivity contribution < 1.29 is 5.11 Å². The van der Waals surface area contributed by atoms with Crippen molar-refractivity contribution in [2.24, 2.45) is 0 Å². The molecule has 8 heteroatoms. The molecule has 2 fully saturated rings. The second-order valence-corrected chi connectivity index (χ2v) is 11.9. The molecule has 1 aromatic carbocycles. The first-order chi connectivity index (χ1) is 18.8. The highest BCUT2D eigenvalue weighted by atomic mass is 16.3. The lowest BCUT2D eigenvalue weighted by molar-refractivity contribution is 0.110. The molecule has 8 nitrogen and oxygen atoms in total. The fourth-order valence-electron chi connectivity index (χ4n) is 7.02. The van der Waals surface area contributed by atoms with E-state index in [-0.39, 0.29) is 5.54 Å². The summed E-state index contributed by atoms with van der Waals surface area (Å²) in [6.45, 7) is 13.8. The van der Waals surface area contributed by atoms with Crippen molar-refractivity contribution in [3.8, 4) is 5.75 Å². The van der Waals surface area contributed by atoms with E-state index in [1.54, 1.807) is 6.07 Å². The number of aryl methyl sites for hydroxylation is 1. The van der Waals surface area contributed by atoms with E-state index in [9.17, 15) is 5.11 Å². The van der Waals surface area contributed by atoms with Gasteiger partial charge in [0.15, 0.2) is 5.65 Å². The summed E-state index contributed by atoms with van der Waals surface area (Å²) in [6, 6.07) is 13.4. The number of nitrogens with zero attached hydrogens (tertiary/aromatic N) is 6. The molecule has 3 atom stereocenters. The maximum atomic E-state index is 10.2. The number of piperazine rings is 1. The van der Waals surface area contributed by atoms with Gasteiger partial charge < -0.3 is 19.9 Å². The molecule has 39 heavy (non-hydrogen) atoms. The molecule has 2 N–H and O–H groups in total. The molecule has 1 unspecified atom stereocenters. The van der Waals surface area contributed by atoms with Crippen molar-refractivity contribution in [3.63, 3.8) is 0 Å². The van der Waals surface area contributed by atoms with Gasteiger partial charge in [-0.25, -0.2) is 9.97 Å².